The first-order valence-corrected chi connectivity index (χ1v) is 8.21. The first-order chi connectivity index (χ1) is 11.0. The van der Waals surface area contributed by atoms with Gasteiger partial charge in [-0.2, -0.15) is 5.26 Å². The normalized spacial score (nSPS) is 16.9. The van der Waals surface area contributed by atoms with Crippen LogP contribution in [-0.4, -0.2) is 18.2 Å². The standard InChI is InChI=1S/C18H16Cl2N2O/c19-14-6-5-13(12-21)17(11-14)22-9-7-18(23,8-10-22)15-3-1-2-4-16(15)20/h1-6,11,23H,7-10H2. The second-order valence-corrected chi connectivity index (χ2v) is 6.62. The molecule has 1 N–H and O–H groups in total. The van der Waals surface area contributed by atoms with Crippen molar-refractivity contribution < 1.29 is 5.11 Å². The number of anilines is 1. The molecule has 0 atom stereocenters. The molecule has 0 amide bonds. The molecule has 1 aliphatic rings. The molecule has 3 nitrogen and oxygen atoms in total. The number of hydrogen-bond acceptors (Lipinski definition) is 3. The minimum Gasteiger partial charge on any atom is -0.385 e. The zero-order valence-corrected chi connectivity index (χ0v) is 14.0. The van der Waals surface area contributed by atoms with Crippen molar-refractivity contribution in [2.75, 3.05) is 18.0 Å². The number of halogens is 2. The summed E-state index contributed by atoms with van der Waals surface area (Å²) in [4.78, 5) is 2.09. The summed E-state index contributed by atoms with van der Waals surface area (Å²) in [5, 5.41) is 21.4. The molecule has 1 heterocycles. The molecular formula is C18H16Cl2N2O. The van der Waals surface area contributed by atoms with Gasteiger partial charge in [0.25, 0.3) is 0 Å². The zero-order valence-electron chi connectivity index (χ0n) is 12.5. The minimum absolute atomic E-state index is 0.550. The van der Waals surface area contributed by atoms with Crippen LogP contribution in [0.4, 0.5) is 5.69 Å². The second-order valence-electron chi connectivity index (χ2n) is 5.77. The molecule has 0 unspecified atom stereocenters. The van der Waals surface area contributed by atoms with Crippen molar-refractivity contribution in [1.82, 2.24) is 0 Å². The van der Waals surface area contributed by atoms with Crippen molar-refractivity contribution in [3.63, 3.8) is 0 Å². The SMILES string of the molecule is N#Cc1ccc(Cl)cc1N1CCC(O)(c2ccccc2Cl)CC1. The highest BCUT2D eigenvalue weighted by Gasteiger charge is 2.35. The van der Waals surface area contributed by atoms with Gasteiger partial charge in [-0.25, -0.2) is 0 Å². The Bertz CT molecular complexity index is 762. The van der Waals surface area contributed by atoms with Crippen LogP contribution in [0.25, 0.3) is 0 Å². The maximum Gasteiger partial charge on any atom is 0.101 e. The molecule has 118 valence electrons. The first-order valence-electron chi connectivity index (χ1n) is 7.45. The highest BCUT2D eigenvalue weighted by atomic mass is 35.5. The van der Waals surface area contributed by atoms with Gasteiger partial charge in [0.2, 0.25) is 0 Å². The van der Waals surface area contributed by atoms with Crippen LogP contribution in [0.15, 0.2) is 42.5 Å². The number of aliphatic hydroxyl groups is 1. The van der Waals surface area contributed by atoms with E-state index in [4.69, 9.17) is 23.2 Å². The fourth-order valence-electron chi connectivity index (χ4n) is 3.09. The Labute approximate surface area is 145 Å². The minimum atomic E-state index is -0.930. The van der Waals surface area contributed by atoms with Crippen LogP contribution in [-0.2, 0) is 5.60 Å². The number of rotatable bonds is 2. The summed E-state index contributed by atoms with van der Waals surface area (Å²) in [5.41, 5.74) is 1.26. The van der Waals surface area contributed by atoms with Gasteiger partial charge in [0, 0.05) is 28.7 Å². The lowest BCUT2D eigenvalue weighted by Crippen LogP contribution is -2.43. The Morgan fingerprint density at radius 2 is 1.78 bits per heavy atom. The van der Waals surface area contributed by atoms with Gasteiger partial charge in [-0.15, -0.1) is 0 Å². The molecule has 5 heteroatoms. The average Bonchev–Trinajstić information content (AvgIpc) is 2.56. The molecule has 0 saturated carbocycles. The fraction of sp³-hybridized carbons (Fsp3) is 0.278. The molecule has 1 aliphatic heterocycles. The third kappa shape index (κ3) is 3.16. The fourth-order valence-corrected chi connectivity index (χ4v) is 3.56. The predicted octanol–water partition coefficient (Wildman–Crippen LogP) is 4.35. The summed E-state index contributed by atoms with van der Waals surface area (Å²) in [5.74, 6) is 0. The molecule has 0 bridgehead atoms. The third-order valence-electron chi connectivity index (χ3n) is 4.39. The molecule has 3 rings (SSSR count). The van der Waals surface area contributed by atoms with Crippen molar-refractivity contribution in [2.24, 2.45) is 0 Å². The maximum absolute atomic E-state index is 11.0. The van der Waals surface area contributed by atoms with E-state index in [9.17, 15) is 10.4 Å². The van der Waals surface area contributed by atoms with Crippen LogP contribution in [0.5, 0.6) is 0 Å². The molecule has 2 aromatic rings. The monoisotopic (exact) mass is 346 g/mol. The van der Waals surface area contributed by atoms with E-state index in [0.717, 1.165) is 11.3 Å². The highest BCUT2D eigenvalue weighted by Crippen LogP contribution is 2.38. The molecule has 0 aliphatic carbocycles. The topological polar surface area (TPSA) is 47.3 Å². The van der Waals surface area contributed by atoms with Crippen molar-refractivity contribution in [2.45, 2.75) is 18.4 Å². The Hall–Kier alpha value is -1.73. The number of hydrogen-bond donors (Lipinski definition) is 1. The Morgan fingerprint density at radius 1 is 1.09 bits per heavy atom. The van der Waals surface area contributed by atoms with E-state index in [-0.39, 0.29) is 0 Å². The van der Waals surface area contributed by atoms with Crippen LogP contribution in [0.3, 0.4) is 0 Å². The molecule has 0 spiro atoms. The molecule has 0 radical (unpaired) electrons. The van der Waals surface area contributed by atoms with E-state index in [2.05, 4.69) is 11.0 Å². The van der Waals surface area contributed by atoms with Gasteiger partial charge in [0.1, 0.15) is 6.07 Å². The van der Waals surface area contributed by atoms with Gasteiger partial charge < -0.3 is 10.0 Å². The smallest absolute Gasteiger partial charge is 0.101 e. The van der Waals surface area contributed by atoms with Crippen molar-refractivity contribution >= 4 is 28.9 Å². The number of benzene rings is 2. The molecular weight excluding hydrogens is 331 g/mol. The second kappa shape index (κ2) is 6.41. The largest absolute Gasteiger partial charge is 0.385 e. The molecule has 1 saturated heterocycles. The average molecular weight is 347 g/mol. The summed E-state index contributed by atoms with van der Waals surface area (Å²) < 4.78 is 0. The van der Waals surface area contributed by atoms with Gasteiger partial charge in [-0.3, -0.25) is 0 Å². The maximum atomic E-state index is 11.0. The van der Waals surface area contributed by atoms with E-state index in [0.29, 0.717) is 41.5 Å². The van der Waals surface area contributed by atoms with Crippen LogP contribution in [0.1, 0.15) is 24.0 Å². The Morgan fingerprint density at radius 3 is 2.43 bits per heavy atom. The van der Waals surface area contributed by atoms with E-state index < -0.39 is 5.60 Å². The summed E-state index contributed by atoms with van der Waals surface area (Å²) in [6.07, 6.45) is 1.10. The summed E-state index contributed by atoms with van der Waals surface area (Å²) in [6, 6.07) is 14.9. The van der Waals surface area contributed by atoms with Crippen molar-refractivity contribution in [1.29, 1.82) is 5.26 Å². The first kappa shape index (κ1) is 16.1. The lowest BCUT2D eigenvalue weighted by Gasteiger charge is -2.40. The molecule has 2 aromatic carbocycles. The van der Waals surface area contributed by atoms with Gasteiger partial charge >= 0.3 is 0 Å². The Balaban J connectivity index is 1.83. The van der Waals surface area contributed by atoms with Crippen LogP contribution in [0, 0.1) is 11.3 Å². The van der Waals surface area contributed by atoms with E-state index in [1.807, 2.05) is 18.2 Å². The summed E-state index contributed by atoms with van der Waals surface area (Å²) in [6.45, 7) is 1.27. The van der Waals surface area contributed by atoms with Crippen LogP contribution in [0.2, 0.25) is 10.0 Å². The lowest BCUT2D eigenvalue weighted by molar-refractivity contribution is 0.0119. The number of piperidine rings is 1. The highest BCUT2D eigenvalue weighted by molar-refractivity contribution is 6.31. The van der Waals surface area contributed by atoms with E-state index >= 15 is 0 Å². The predicted molar refractivity (Wildman–Crippen MR) is 93.0 cm³/mol. The van der Waals surface area contributed by atoms with Gasteiger partial charge in [-0.05, 0) is 37.1 Å². The van der Waals surface area contributed by atoms with E-state index in [1.54, 1.807) is 24.3 Å². The van der Waals surface area contributed by atoms with E-state index in [1.165, 1.54) is 0 Å². The zero-order chi connectivity index (χ0) is 16.4. The van der Waals surface area contributed by atoms with Crippen LogP contribution < -0.4 is 4.90 Å². The van der Waals surface area contributed by atoms with Crippen LogP contribution >= 0.6 is 23.2 Å². The lowest BCUT2D eigenvalue weighted by atomic mass is 9.84. The van der Waals surface area contributed by atoms with Crippen molar-refractivity contribution in [3.05, 3.63) is 63.6 Å². The quantitative estimate of drug-likeness (QED) is 0.878. The number of nitrogens with zero attached hydrogens (tertiary/aromatic N) is 2. The van der Waals surface area contributed by atoms with Crippen molar-refractivity contribution in [3.8, 4) is 6.07 Å². The summed E-state index contributed by atoms with van der Waals surface area (Å²) >= 11 is 12.3. The van der Waals surface area contributed by atoms with Gasteiger partial charge in [0.05, 0.1) is 16.9 Å². The summed E-state index contributed by atoms with van der Waals surface area (Å²) in [7, 11) is 0. The number of nitriles is 1. The Kier molecular flexibility index (Phi) is 4.50. The van der Waals surface area contributed by atoms with Gasteiger partial charge in [0.15, 0.2) is 0 Å². The molecule has 0 aromatic heterocycles. The molecule has 23 heavy (non-hydrogen) atoms. The molecule has 1 fully saturated rings. The van der Waals surface area contributed by atoms with Gasteiger partial charge in [-0.1, -0.05) is 41.4 Å². The third-order valence-corrected chi connectivity index (χ3v) is 4.95.